The van der Waals surface area contributed by atoms with Crippen LogP contribution in [-0.2, 0) is 29.4 Å². The molecule has 0 amide bonds. The lowest BCUT2D eigenvalue weighted by molar-refractivity contribution is -0.153. The largest absolute Gasteiger partial charge is 0.495 e. The molecule has 2 heterocycles. The minimum Gasteiger partial charge on any atom is -0.495 e. The maximum atomic E-state index is 13.7. The van der Waals surface area contributed by atoms with Crippen molar-refractivity contribution in [3.05, 3.63) is 99.2 Å². The molecule has 1 atom stereocenters. The van der Waals surface area contributed by atoms with Gasteiger partial charge < -0.3 is 18.8 Å². The lowest BCUT2D eigenvalue weighted by atomic mass is 9.98. The number of esters is 1. The van der Waals surface area contributed by atoms with E-state index in [1.165, 1.54) is 55.3 Å². The molecule has 0 radical (unpaired) electrons. The van der Waals surface area contributed by atoms with Crippen LogP contribution in [0.15, 0.2) is 71.8 Å². The van der Waals surface area contributed by atoms with E-state index >= 15 is 0 Å². The highest BCUT2D eigenvalue weighted by atomic mass is 35.5. The van der Waals surface area contributed by atoms with Crippen LogP contribution in [0.5, 0.6) is 11.5 Å². The van der Waals surface area contributed by atoms with E-state index in [2.05, 4.69) is 5.10 Å². The summed E-state index contributed by atoms with van der Waals surface area (Å²) in [7, 11) is 4.31. The van der Waals surface area contributed by atoms with E-state index in [9.17, 15) is 27.6 Å². The van der Waals surface area contributed by atoms with Gasteiger partial charge in [-0.1, -0.05) is 23.7 Å². The molecule has 0 aliphatic carbocycles. The number of aromatic nitrogens is 3. The molecule has 0 N–H and O–H groups in total. The summed E-state index contributed by atoms with van der Waals surface area (Å²) in [6.07, 6.45) is -1.56. The lowest BCUT2D eigenvalue weighted by Crippen LogP contribution is -2.32. The number of alkyl halides is 3. The van der Waals surface area contributed by atoms with Gasteiger partial charge in [-0.2, -0.15) is 18.3 Å². The molecule has 0 saturated carbocycles. The van der Waals surface area contributed by atoms with Crippen molar-refractivity contribution in [1.29, 1.82) is 0 Å². The summed E-state index contributed by atoms with van der Waals surface area (Å²) in [6, 6.07) is 12.2. The smallest absolute Gasteiger partial charge is 0.422 e. The number of carbonyl (C=O) groups is 2. The van der Waals surface area contributed by atoms with Crippen LogP contribution in [0.2, 0.25) is 5.02 Å². The van der Waals surface area contributed by atoms with Gasteiger partial charge in [0, 0.05) is 48.3 Å². The fourth-order valence-corrected chi connectivity index (χ4v) is 4.65. The number of benzene rings is 2. The average Bonchev–Trinajstić information content (AvgIpc) is 3.39. The van der Waals surface area contributed by atoms with E-state index in [1.807, 2.05) is 0 Å². The number of aryl methyl sites for hydroxylation is 1. The Labute approximate surface area is 249 Å². The van der Waals surface area contributed by atoms with E-state index in [0.717, 1.165) is 6.07 Å². The molecule has 0 bridgehead atoms. The van der Waals surface area contributed by atoms with Crippen LogP contribution in [0.1, 0.15) is 27.7 Å². The van der Waals surface area contributed by atoms with Crippen LogP contribution in [-0.4, -0.2) is 53.1 Å². The summed E-state index contributed by atoms with van der Waals surface area (Å²) >= 11 is 6.14. The third-order valence-corrected chi connectivity index (χ3v) is 6.75. The van der Waals surface area contributed by atoms with E-state index in [4.69, 9.17) is 25.8 Å². The fourth-order valence-electron chi connectivity index (χ4n) is 4.48. The van der Waals surface area contributed by atoms with Crippen LogP contribution in [0.25, 0.3) is 11.1 Å². The maximum Gasteiger partial charge on any atom is 0.422 e. The Morgan fingerprint density at radius 2 is 1.70 bits per heavy atom. The van der Waals surface area contributed by atoms with Crippen LogP contribution < -0.4 is 15.0 Å². The monoisotopic (exact) mass is 617 g/mol. The van der Waals surface area contributed by atoms with Crippen molar-refractivity contribution in [2.45, 2.75) is 25.1 Å². The lowest BCUT2D eigenvalue weighted by Gasteiger charge is -2.21. The van der Waals surface area contributed by atoms with E-state index in [1.54, 1.807) is 36.1 Å². The Morgan fingerprint density at radius 3 is 2.30 bits per heavy atom. The molecule has 0 saturated heterocycles. The van der Waals surface area contributed by atoms with Crippen molar-refractivity contribution in [2.75, 3.05) is 20.8 Å². The number of ketones is 1. The van der Waals surface area contributed by atoms with E-state index in [0.29, 0.717) is 16.8 Å². The standard InChI is InChI=1S/C30H27ClF3N3O6/c1-36-11-10-21(35-36)14-24(25(38)12-18-4-6-19(7-5-18)29(40)42-3)37-16-27(41-2)23(15-28(37)39)22-13-20(31)8-9-26(22)43-17-30(32,33)34/h4-11,13,15-16,24H,12,14,17H2,1-3H3. The van der Waals surface area contributed by atoms with Gasteiger partial charge in [-0.05, 0) is 42.0 Å². The predicted molar refractivity (Wildman–Crippen MR) is 152 cm³/mol. The molecule has 2 aromatic carbocycles. The Morgan fingerprint density at radius 1 is 1.00 bits per heavy atom. The molecule has 0 spiro atoms. The third kappa shape index (κ3) is 7.83. The van der Waals surface area contributed by atoms with E-state index in [-0.39, 0.29) is 46.3 Å². The number of nitrogens with zero attached hydrogens (tertiary/aromatic N) is 3. The molecule has 9 nitrogen and oxygen atoms in total. The minimum absolute atomic E-state index is 0.0689. The van der Waals surface area contributed by atoms with Crippen LogP contribution >= 0.6 is 11.6 Å². The van der Waals surface area contributed by atoms with Gasteiger partial charge in [0.15, 0.2) is 12.4 Å². The Balaban J connectivity index is 1.75. The first-order chi connectivity index (χ1) is 20.4. The van der Waals surface area contributed by atoms with E-state index < -0.39 is 30.4 Å². The van der Waals surface area contributed by atoms with Crippen molar-refractivity contribution in [1.82, 2.24) is 14.3 Å². The van der Waals surface area contributed by atoms with Crippen molar-refractivity contribution in [2.24, 2.45) is 7.05 Å². The molecule has 0 aliphatic rings. The first-order valence-corrected chi connectivity index (χ1v) is 13.2. The molecule has 4 rings (SSSR count). The minimum atomic E-state index is -4.59. The fraction of sp³-hybridized carbons (Fsp3) is 0.267. The molecule has 4 aromatic rings. The summed E-state index contributed by atoms with van der Waals surface area (Å²) in [6.45, 7) is -1.55. The summed E-state index contributed by atoms with van der Waals surface area (Å²) < 4.78 is 56.7. The molecule has 2 aromatic heterocycles. The Kier molecular flexibility index (Phi) is 9.59. The van der Waals surface area contributed by atoms with Gasteiger partial charge in [-0.25, -0.2) is 4.79 Å². The number of Topliss-reactive ketones (excluding diaryl/α,β-unsaturated/α-hetero) is 1. The summed E-state index contributed by atoms with van der Waals surface area (Å²) in [5.41, 5.74) is 1.09. The zero-order chi connectivity index (χ0) is 31.3. The zero-order valence-electron chi connectivity index (χ0n) is 23.4. The summed E-state index contributed by atoms with van der Waals surface area (Å²) in [5.74, 6) is -0.907. The average molecular weight is 618 g/mol. The Hall–Kier alpha value is -4.58. The highest BCUT2D eigenvalue weighted by molar-refractivity contribution is 6.31. The summed E-state index contributed by atoms with van der Waals surface area (Å²) in [4.78, 5) is 39.1. The van der Waals surface area contributed by atoms with Crippen molar-refractivity contribution in [3.63, 3.8) is 0 Å². The third-order valence-electron chi connectivity index (χ3n) is 6.52. The van der Waals surface area contributed by atoms with Crippen LogP contribution in [0.4, 0.5) is 13.2 Å². The number of halogens is 4. The second-order valence-electron chi connectivity index (χ2n) is 9.58. The van der Waals surface area contributed by atoms with Crippen molar-refractivity contribution in [3.8, 4) is 22.6 Å². The number of carbonyl (C=O) groups excluding carboxylic acids is 2. The summed E-state index contributed by atoms with van der Waals surface area (Å²) in [5, 5.41) is 4.54. The predicted octanol–water partition coefficient (Wildman–Crippen LogP) is 5.23. The second kappa shape index (κ2) is 13.2. The molecule has 1 unspecified atom stereocenters. The maximum absolute atomic E-state index is 13.7. The van der Waals surface area contributed by atoms with Gasteiger partial charge in [0.1, 0.15) is 17.5 Å². The first-order valence-electron chi connectivity index (χ1n) is 12.9. The van der Waals surface area contributed by atoms with Crippen molar-refractivity contribution >= 4 is 23.4 Å². The number of methoxy groups -OCH3 is 2. The first kappa shape index (κ1) is 31.4. The van der Waals surface area contributed by atoms with Crippen LogP contribution in [0, 0.1) is 0 Å². The topological polar surface area (TPSA) is 102 Å². The van der Waals surface area contributed by atoms with Gasteiger partial charge in [0.25, 0.3) is 5.56 Å². The second-order valence-corrected chi connectivity index (χ2v) is 10.0. The quantitative estimate of drug-likeness (QED) is 0.212. The number of pyridine rings is 1. The molecule has 0 aliphatic heterocycles. The van der Waals surface area contributed by atoms with Gasteiger partial charge >= 0.3 is 12.1 Å². The SMILES string of the molecule is COC(=O)c1ccc(CC(=O)C(Cc2ccn(C)n2)n2cc(OC)c(-c3cc(Cl)ccc3OCC(F)(F)F)cc2=O)cc1. The normalized spacial score (nSPS) is 12.1. The highest BCUT2D eigenvalue weighted by Crippen LogP contribution is 2.38. The molecule has 43 heavy (non-hydrogen) atoms. The number of hydrogen-bond donors (Lipinski definition) is 0. The highest BCUT2D eigenvalue weighted by Gasteiger charge is 2.30. The molecular weight excluding hydrogens is 591 g/mol. The van der Waals surface area contributed by atoms with Crippen LogP contribution in [0.3, 0.4) is 0 Å². The van der Waals surface area contributed by atoms with Gasteiger partial charge in [-0.15, -0.1) is 0 Å². The number of ether oxygens (including phenoxy) is 3. The van der Waals surface area contributed by atoms with Crippen molar-refractivity contribution < 1.29 is 37.0 Å². The number of hydrogen-bond acceptors (Lipinski definition) is 7. The Bertz CT molecular complexity index is 1680. The molecule has 0 fully saturated rings. The van der Waals surface area contributed by atoms with Gasteiger partial charge in [0.05, 0.1) is 31.7 Å². The zero-order valence-corrected chi connectivity index (χ0v) is 24.1. The number of rotatable bonds is 11. The van der Waals surface area contributed by atoms with Gasteiger partial charge in [0.2, 0.25) is 0 Å². The molecule has 13 heteroatoms. The molecule has 226 valence electrons. The van der Waals surface area contributed by atoms with Gasteiger partial charge in [-0.3, -0.25) is 14.3 Å². The molecular formula is C30H27ClF3N3O6.